The molecule has 1 heterocycles. The van der Waals surface area contributed by atoms with Crippen molar-refractivity contribution in [3.8, 4) is 0 Å². The van der Waals surface area contributed by atoms with Gasteiger partial charge in [0.25, 0.3) is 10.1 Å². The van der Waals surface area contributed by atoms with Gasteiger partial charge in [0.05, 0.1) is 7.78 Å². The summed E-state index contributed by atoms with van der Waals surface area (Å²) in [4.78, 5) is -0.0666. The van der Waals surface area contributed by atoms with Gasteiger partial charge in [-0.2, -0.15) is 8.42 Å². The van der Waals surface area contributed by atoms with E-state index >= 15 is 0 Å². The smallest absolute Gasteiger partial charge is 0.282 e. The molecule has 1 aromatic carbocycles. The van der Waals surface area contributed by atoms with Gasteiger partial charge in [0.15, 0.2) is 0 Å². The van der Waals surface area contributed by atoms with Gasteiger partial charge in [0.2, 0.25) is 0 Å². The molecule has 0 fully saturated rings. The molecule has 0 bridgehead atoms. The maximum Gasteiger partial charge on any atom is 0.294 e. The summed E-state index contributed by atoms with van der Waals surface area (Å²) in [5, 5.41) is 2.07. The molecule has 92 valence electrons. The molecule has 0 saturated carbocycles. The van der Waals surface area contributed by atoms with Crippen LogP contribution in [0.3, 0.4) is 0 Å². The first-order valence-electron chi connectivity index (χ1n) is 4.63. The highest BCUT2D eigenvalue weighted by molar-refractivity contribution is 14.1. The third-order valence-corrected chi connectivity index (χ3v) is 4.45. The summed E-state index contributed by atoms with van der Waals surface area (Å²) in [5.41, 5.74) is 0.956. The predicted octanol–water partition coefficient (Wildman–Crippen LogP) is 3.59. The lowest BCUT2D eigenvalue weighted by Gasteiger charge is -1.95. The number of rotatable bonds is 1. The third-order valence-electron chi connectivity index (χ3n) is 1.81. The summed E-state index contributed by atoms with van der Waals surface area (Å²) >= 11 is 4.06. The Balaban J connectivity index is 0.000000202. The van der Waals surface area contributed by atoms with Crippen molar-refractivity contribution in [2.75, 3.05) is 0 Å². The Morgan fingerprint density at radius 1 is 1.18 bits per heavy atom. The lowest BCUT2D eigenvalue weighted by molar-refractivity contribution is 0.483. The average Bonchev–Trinajstić information content (AvgIpc) is 2.69. The maximum absolute atomic E-state index is 10.5. The summed E-state index contributed by atoms with van der Waals surface area (Å²) in [6.07, 6.45) is 0. The second-order valence-corrected chi connectivity index (χ2v) is 7.47. The number of hydrogen-bond acceptors (Lipinski definition) is 3. The first-order valence-corrected chi connectivity index (χ1v) is 8.02. The molecule has 0 radical (unpaired) electrons. The summed E-state index contributed by atoms with van der Waals surface area (Å²) in [6.45, 7) is 1.84. The molecule has 0 spiro atoms. The fraction of sp³-hybridized carbons (Fsp3) is 0.0909. The van der Waals surface area contributed by atoms with Gasteiger partial charge in [-0.1, -0.05) is 23.8 Å². The quantitative estimate of drug-likeness (QED) is 0.606. The van der Waals surface area contributed by atoms with Crippen molar-refractivity contribution in [1.29, 1.82) is 0 Å². The van der Waals surface area contributed by atoms with Crippen LogP contribution in [0.2, 0.25) is 0 Å². The van der Waals surface area contributed by atoms with Crippen molar-refractivity contribution in [3.05, 3.63) is 50.2 Å². The van der Waals surface area contributed by atoms with Crippen LogP contribution in [0.5, 0.6) is 0 Å². The van der Waals surface area contributed by atoms with Gasteiger partial charge in [-0.15, -0.1) is 11.3 Å². The van der Waals surface area contributed by atoms with Gasteiger partial charge in [0.1, 0.15) is 0 Å². The zero-order valence-electron chi connectivity index (χ0n) is 9.00. The van der Waals surface area contributed by atoms with Crippen LogP contribution >= 0.6 is 33.9 Å². The summed E-state index contributed by atoms with van der Waals surface area (Å²) in [5.74, 6) is 0. The predicted molar refractivity (Wildman–Crippen MR) is 78.0 cm³/mol. The topological polar surface area (TPSA) is 54.4 Å². The van der Waals surface area contributed by atoms with Gasteiger partial charge < -0.3 is 0 Å². The number of hydrogen-bond donors (Lipinski definition) is 1. The highest BCUT2D eigenvalue weighted by atomic mass is 127. The molecule has 1 aromatic heterocycles. The first-order chi connectivity index (χ1) is 7.89. The van der Waals surface area contributed by atoms with Gasteiger partial charge >= 0.3 is 0 Å². The molecule has 0 aliphatic heterocycles. The average molecular weight is 382 g/mol. The van der Waals surface area contributed by atoms with Gasteiger partial charge in [-0.25, -0.2) is 0 Å². The fourth-order valence-corrected chi connectivity index (χ4v) is 2.54. The second kappa shape index (κ2) is 6.48. The van der Waals surface area contributed by atoms with Crippen LogP contribution in [0.4, 0.5) is 0 Å². The van der Waals surface area contributed by atoms with Crippen molar-refractivity contribution >= 4 is 44.0 Å². The number of aryl methyl sites for hydroxylation is 1. The monoisotopic (exact) mass is 382 g/mol. The largest absolute Gasteiger partial charge is 0.294 e. The van der Waals surface area contributed by atoms with E-state index in [1.165, 1.54) is 15.0 Å². The van der Waals surface area contributed by atoms with Crippen LogP contribution in [0, 0.1) is 9.81 Å². The molecule has 17 heavy (non-hydrogen) atoms. The zero-order valence-corrected chi connectivity index (χ0v) is 12.8. The van der Waals surface area contributed by atoms with Crippen LogP contribution < -0.4 is 0 Å². The van der Waals surface area contributed by atoms with Crippen LogP contribution in [0.15, 0.2) is 46.7 Å². The van der Waals surface area contributed by atoms with Crippen LogP contribution in [0.25, 0.3) is 0 Å². The molecule has 0 amide bonds. The van der Waals surface area contributed by atoms with Crippen LogP contribution in [0.1, 0.15) is 5.56 Å². The Bertz CT molecular complexity index is 545. The van der Waals surface area contributed by atoms with E-state index in [4.69, 9.17) is 4.55 Å². The van der Waals surface area contributed by atoms with E-state index in [1.807, 2.05) is 13.0 Å². The van der Waals surface area contributed by atoms with Gasteiger partial charge in [0, 0.05) is 0 Å². The molecule has 3 nitrogen and oxygen atoms in total. The molecule has 0 atom stereocenters. The Labute approximate surface area is 118 Å². The van der Waals surface area contributed by atoms with E-state index in [-0.39, 0.29) is 4.90 Å². The minimum absolute atomic E-state index is 0.0666. The molecule has 0 unspecified atom stereocenters. The van der Waals surface area contributed by atoms with Crippen molar-refractivity contribution in [3.63, 3.8) is 0 Å². The molecule has 2 rings (SSSR count). The molecule has 0 aliphatic carbocycles. The number of benzene rings is 1. The summed E-state index contributed by atoms with van der Waals surface area (Å²) in [7, 11) is -4.02. The highest BCUT2D eigenvalue weighted by Crippen LogP contribution is 2.09. The van der Waals surface area contributed by atoms with Crippen molar-refractivity contribution in [1.82, 2.24) is 0 Å². The molecule has 0 aliphatic rings. The molecule has 0 saturated heterocycles. The zero-order chi connectivity index (χ0) is 12.9. The Morgan fingerprint density at radius 2 is 1.76 bits per heavy atom. The first kappa shape index (κ1) is 14.6. The van der Waals surface area contributed by atoms with E-state index in [2.05, 4.69) is 34.0 Å². The van der Waals surface area contributed by atoms with Crippen molar-refractivity contribution in [2.45, 2.75) is 11.8 Å². The van der Waals surface area contributed by atoms with E-state index in [0.717, 1.165) is 5.56 Å². The molecule has 6 heteroatoms. The standard InChI is InChI=1S/C7H8O3S.C4H3IS/c1-6-2-4-7(5-3-6)11(8,9)10;5-4-2-1-3-6-4/h2-5H,1H3,(H,8,9,10);1-3H. The van der Waals surface area contributed by atoms with E-state index in [1.54, 1.807) is 23.5 Å². The lowest BCUT2D eigenvalue weighted by atomic mass is 10.2. The Kier molecular flexibility index (Phi) is 5.57. The number of thiophene rings is 1. The van der Waals surface area contributed by atoms with E-state index in [0.29, 0.717) is 0 Å². The maximum atomic E-state index is 10.5. The van der Waals surface area contributed by atoms with Crippen molar-refractivity contribution in [2.24, 2.45) is 0 Å². The van der Waals surface area contributed by atoms with Gasteiger partial charge in [-0.3, -0.25) is 4.55 Å². The molecule has 1 N–H and O–H groups in total. The highest BCUT2D eigenvalue weighted by Gasteiger charge is 2.06. The fourth-order valence-electron chi connectivity index (χ4n) is 0.969. The Hall–Kier alpha value is -0.440. The van der Waals surface area contributed by atoms with Crippen LogP contribution in [-0.4, -0.2) is 13.0 Å². The molecular weight excluding hydrogens is 371 g/mol. The van der Waals surface area contributed by atoms with Crippen molar-refractivity contribution < 1.29 is 13.0 Å². The number of halogens is 1. The summed E-state index contributed by atoms with van der Waals surface area (Å²) in [6, 6.07) is 10.1. The SMILES string of the molecule is Cc1ccc(S(=O)(=O)O)cc1.Ic1cccs1. The van der Waals surface area contributed by atoms with E-state index in [9.17, 15) is 8.42 Å². The minimum Gasteiger partial charge on any atom is -0.282 e. The summed E-state index contributed by atoms with van der Waals surface area (Å²) < 4.78 is 30.9. The third kappa shape index (κ3) is 5.62. The van der Waals surface area contributed by atoms with Crippen LogP contribution in [-0.2, 0) is 10.1 Å². The molecule has 2 aromatic rings. The normalized spacial score (nSPS) is 10.5. The Morgan fingerprint density at radius 3 is 2.06 bits per heavy atom. The lowest BCUT2D eigenvalue weighted by Crippen LogP contribution is -1.96. The molecular formula is C11H11IO3S2. The minimum atomic E-state index is -4.02. The second-order valence-electron chi connectivity index (χ2n) is 3.21. The van der Waals surface area contributed by atoms with Gasteiger partial charge in [-0.05, 0) is 53.1 Å². The van der Waals surface area contributed by atoms with E-state index < -0.39 is 10.1 Å².